The van der Waals surface area contributed by atoms with Crippen LogP contribution in [-0.2, 0) is 17.1 Å². The normalized spacial score (nSPS) is 11.8. The smallest absolute Gasteiger partial charge is 0.269 e. The number of thiazole rings is 1. The molecular weight excluding hydrogens is 286 g/mol. The van der Waals surface area contributed by atoms with E-state index in [1.165, 1.54) is 16.0 Å². The molecule has 3 N–H and O–H groups in total. The summed E-state index contributed by atoms with van der Waals surface area (Å²) in [6.07, 6.45) is 0. The predicted molar refractivity (Wildman–Crippen MR) is 74.8 cm³/mol. The topological polar surface area (TPSA) is 103 Å². The molecule has 0 bridgehead atoms. The molecule has 104 valence electrons. The van der Waals surface area contributed by atoms with Gasteiger partial charge in [0.05, 0.1) is 11.4 Å². The van der Waals surface area contributed by atoms with E-state index in [1.807, 2.05) is 13.8 Å². The quantitative estimate of drug-likeness (QED) is 0.886. The second-order valence-electron chi connectivity index (χ2n) is 4.19. The Morgan fingerprint density at radius 2 is 1.95 bits per heavy atom. The number of nitrogens with zero attached hydrogens (tertiary/aromatic N) is 3. The van der Waals surface area contributed by atoms with Gasteiger partial charge in [0.15, 0.2) is 15.8 Å². The first-order chi connectivity index (χ1) is 8.72. The van der Waals surface area contributed by atoms with E-state index in [1.54, 1.807) is 14.0 Å². The standard InChI is InChI=1S/C10H15N5O2S2/c1-5-7(3)18-10(12-5)14-19(16,17)8-6(2)15(4)13-9(8)11/h1-4H3,(H2,11,13)(H,12,14). The lowest BCUT2D eigenvalue weighted by Gasteiger charge is -2.04. The van der Waals surface area contributed by atoms with Crippen LogP contribution in [0.1, 0.15) is 16.3 Å². The summed E-state index contributed by atoms with van der Waals surface area (Å²) in [5.74, 6) is -0.0162. The van der Waals surface area contributed by atoms with Crippen LogP contribution < -0.4 is 10.5 Å². The number of nitrogen functional groups attached to an aromatic ring is 1. The third-order valence-corrected chi connectivity index (χ3v) is 5.44. The lowest BCUT2D eigenvalue weighted by atomic mass is 10.4. The third kappa shape index (κ3) is 2.43. The van der Waals surface area contributed by atoms with Crippen LogP contribution in [0.25, 0.3) is 0 Å². The maximum absolute atomic E-state index is 12.3. The van der Waals surface area contributed by atoms with E-state index in [4.69, 9.17) is 5.73 Å². The number of hydrogen-bond donors (Lipinski definition) is 2. The first-order valence-electron chi connectivity index (χ1n) is 5.48. The Balaban J connectivity index is 2.43. The third-order valence-electron chi connectivity index (χ3n) is 2.82. The number of aryl methyl sites for hydroxylation is 3. The summed E-state index contributed by atoms with van der Waals surface area (Å²) in [5.41, 5.74) is 6.93. The number of hydrogen-bond acceptors (Lipinski definition) is 6. The molecule has 2 aromatic heterocycles. The molecule has 0 aliphatic rings. The molecule has 0 saturated carbocycles. The van der Waals surface area contributed by atoms with Gasteiger partial charge >= 0.3 is 0 Å². The summed E-state index contributed by atoms with van der Waals surface area (Å²) >= 11 is 1.28. The molecule has 0 atom stereocenters. The highest BCUT2D eigenvalue weighted by Gasteiger charge is 2.25. The monoisotopic (exact) mass is 301 g/mol. The molecule has 0 radical (unpaired) electrons. The molecule has 2 heterocycles. The van der Waals surface area contributed by atoms with Crippen molar-refractivity contribution in [3.8, 4) is 0 Å². The lowest BCUT2D eigenvalue weighted by molar-refractivity contribution is 0.600. The van der Waals surface area contributed by atoms with Gasteiger partial charge in [0.2, 0.25) is 0 Å². The summed E-state index contributed by atoms with van der Waals surface area (Å²) in [6, 6.07) is 0. The maximum atomic E-state index is 12.3. The second-order valence-corrected chi connectivity index (χ2v) is 7.01. The molecule has 0 aliphatic heterocycles. The minimum atomic E-state index is -3.77. The molecule has 2 aromatic rings. The number of anilines is 2. The van der Waals surface area contributed by atoms with Gasteiger partial charge in [0.25, 0.3) is 10.0 Å². The van der Waals surface area contributed by atoms with Gasteiger partial charge < -0.3 is 5.73 Å². The first kappa shape index (κ1) is 13.8. The van der Waals surface area contributed by atoms with Gasteiger partial charge in [-0.1, -0.05) is 0 Å². The predicted octanol–water partition coefficient (Wildman–Crippen LogP) is 1.18. The summed E-state index contributed by atoms with van der Waals surface area (Å²) in [6.45, 7) is 5.36. The average molecular weight is 301 g/mol. The summed E-state index contributed by atoms with van der Waals surface area (Å²) < 4.78 is 28.5. The van der Waals surface area contributed by atoms with Gasteiger partial charge in [-0.15, -0.1) is 11.3 Å². The van der Waals surface area contributed by atoms with Crippen molar-refractivity contribution in [3.05, 3.63) is 16.3 Å². The minimum absolute atomic E-state index is 0.000469. The fourth-order valence-electron chi connectivity index (χ4n) is 1.63. The average Bonchev–Trinajstić information content (AvgIpc) is 2.68. The van der Waals surface area contributed by atoms with Gasteiger partial charge in [-0.05, 0) is 20.8 Å². The van der Waals surface area contributed by atoms with E-state index in [9.17, 15) is 8.42 Å². The van der Waals surface area contributed by atoms with Gasteiger partial charge in [0, 0.05) is 11.9 Å². The molecule has 0 amide bonds. The molecule has 0 fully saturated rings. The van der Waals surface area contributed by atoms with E-state index >= 15 is 0 Å². The van der Waals surface area contributed by atoms with Crippen LogP contribution >= 0.6 is 11.3 Å². The van der Waals surface area contributed by atoms with E-state index < -0.39 is 10.0 Å². The van der Waals surface area contributed by atoms with E-state index in [-0.39, 0.29) is 10.7 Å². The number of nitrogens with two attached hydrogens (primary N) is 1. The fraction of sp³-hybridized carbons (Fsp3) is 0.400. The molecule has 7 nitrogen and oxygen atoms in total. The van der Waals surface area contributed by atoms with Crippen molar-refractivity contribution >= 4 is 32.3 Å². The van der Waals surface area contributed by atoms with Crippen LogP contribution in [0, 0.1) is 20.8 Å². The van der Waals surface area contributed by atoms with Crippen LogP contribution in [-0.4, -0.2) is 23.2 Å². The van der Waals surface area contributed by atoms with Crippen molar-refractivity contribution in [2.24, 2.45) is 7.05 Å². The second kappa shape index (κ2) is 4.49. The van der Waals surface area contributed by atoms with Crippen LogP contribution in [0.5, 0.6) is 0 Å². The zero-order valence-corrected chi connectivity index (χ0v) is 12.7. The summed E-state index contributed by atoms with van der Waals surface area (Å²) in [5, 5.41) is 4.23. The zero-order chi connectivity index (χ0) is 14.4. The van der Waals surface area contributed by atoms with Crippen LogP contribution in [0.3, 0.4) is 0 Å². The molecule has 0 aliphatic carbocycles. The number of nitrogens with one attached hydrogen (secondary N) is 1. The van der Waals surface area contributed by atoms with Gasteiger partial charge in [-0.25, -0.2) is 13.4 Å². The highest BCUT2D eigenvalue weighted by atomic mass is 32.2. The molecule has 0 saturated heterocycles. The molecule has 0 spiro atoms. The van der Waals surface area contributed by atoms with Crippen molar-refractivity contribution < 1.29 is 8.42 Å². The van der Waals surface area contributed by atoms with Crippen LogP contribution in [0.2, 0.25) is 0 Å². The van der Waals surface area contributed by atoms with Gasteiger partial charge in [-0.3, -0.25) is 9.40 Å². The Morgan fingerprint density at radius 3 is 2.37 bits per heavy atom. The number of sulfonamides is 1. The highest BCUT2D eigenvalue weighted by Crippen LogP contribution is 2.27. The van der Waals surface area contributed by atoms with Crippen LogP contribution in [0.15, 0.2) is 4.90 Å². The molecule has 0 unspecified atom stereocenters. The number of rotatable bonds is 3. The minimum Gasteiger partial charge on any atom is -0.381 e. The Labute approximate surface area is 115 Å². The van der Waals surface area contributed by atoms with E-state index in [0.29, 0.717) is 10.8 Å². The Morgan fingerprint density at radius 1 is 1.32 bits per heavy atom. The Bertz CT molecular complexity index is 710. The van der Waals surface area contributed by atoms with Crippen molar-refractivity contribution in [1.29, 1.82) is 0 Å². The fourth-order valence-corrected chi connectivity index (χ4v) is 4.01. The van der Waals surface area contributed by atoms with Crippen molar-refractivity contribution in [2.75, 3.05) is 10.5 Å². The van der Waals surface area contributed by atoms with Gasteiger partial charge in [-0.2, -0.15) is 5.10 Å². The van der Waals surface area contributed by atoms with E-state index in [2.05, 4.69) is 14.8 Å². The highest BCUT2D eigenvalue weighted by molar-refractivity contribution is 7.93. The molecular formula is C10H15N5O2S2. The van der Waals surface area contributed by atoms with Crippen LogP contribution in [0.4, 0.5) is 10.9 Å². The van der Waals surface area contributed by atoms with Crippen molar-refractivity contribution in [2.45, 2.75) is 25.7 Å². The summed E-state index contributed by atoms with van der Waals surface area (Å²) in [4.78, 5) is 5.11. The Kier molecular flexibility index (Phi) is 3.27. The van der Waals surface area contributed by atoms with Crippen molar-refractivity contribution in [3.63, 3.8) is 0 Å². The number of aromatic nitrogens is 3. The maximum Gasteiger partial charge on any atom is 0.269 e. The van der Waals surface area contributed by atoms with Crippen molar-refractivity contribution in [1.82, 2.24) is 14.8 Å². The van der Waals surface area contributed by atoms with E-state index in [0.717, 1.165) is 10.6 Å². The Hall–Kier alpha value is -1.61. The molecule has 0 aromatic carbocycles. The summed E-state index contributed by atoms with van der Waals surface area (Å²) in [7, 11) is -2.13. The molecule has 2 rings (SSSR count). The lowest BCUT2D eigenvalue weighted by Crippen LogP contribution is -2.15. The molecule has 9 heteroatoms. The largest absolute Gasteiger partial charge is 0.381 e. The SMILES string of the molecule is Cc1nc(NS(=O)(=O)c2c(N)nn(C)c2C)sc1C. The van der Waals surface area contributed by atoms with Gasteiger partial charge in [0.1, 0.15) is 0 Å². The first-order valence-corrected chi connectivity index (χ1v) is 7.78. The zero-order valence-electron chi connectivity index (χ0n) is 11.1. The molecule has 19 heavy (non-hydrogen) atoms.